The van der Waals surface area contributed by atoms with Crippen LogP contribution in [0, 0.1) is 6.92 Å². The number of hydrogen-bond donors (Lipinski definition) is 1. The Morgan fingerprint density at radius 2 is 2.18 bits per heavy atom. The summed E-state index contributed by atoms with van der Waals surface area (Å²) in [5.74, 6) is 1.93. The number of rotatable bonds is 4. The highest BCUT2D eigenvalue weighted by Crippen LogP contribution is 2.26. The van der Waals surface area contributed by atoms with E-state index >= 15 is 0 Å². The molecule has 2 heterocycles. The molecule has 0 aliphatic carbocycles. The lowest BCUT2D eigenvalue weighted by atomic mass is 10.2. The summed E-state index contributed by atoms with van der Waals surface area (Å²) in [6.07, 6.45) is 0. The molecule has 5 nitrogen and oxygen atoms in total. The fraction of sp³-hybridized carbons (Fsp3) is 0.125. The number of aromatic nitrogens is 1. The minimum absolute atomic E-state index is 0.226. The molecule has 3 aromatic rings. The lowest BCUT2D eigenvalue weighted by molar-refractivity contribution is 0.102. The predicted octanol–water partition coefficient (Wildman–Crippen LogP) is 3.97. The number of hydrogen-bond acceptors (Lipinski definition) is 5. The van der Waals surface area contributed by atoms with Crippen molar-refractivity contribution in [2.75, 3.05) is 12.4 Å². The maximum atomic E-state index is 12.2. The molecule has 0 fully saturated rings. The Balaban J connectivity index is 1.75. The van der Waals surface area contributed by atoms with Crippen molar-refractivity contribution in [2.24, 2.45) is 0 Å². The van der Waals surface area contributed by atoms with Crippen molar-refractivity contribution in [3.63, 3.8) is 0 Å². The third-order valence-corrected chi connectivity index (χ3v) is 3.81. The minimum Gasteiger partial charge on any atom is -0.497 e. The summed E-state index contributed by atoms with van der Waals surface area (Å²) >= 11 is 1.35. The molecule has 1 N–H and O–H groups in total. The van der Waals surface area contributed by atoms with Gasteiger partial charge in [-0.05, 0) is 37.3 Å². The Bertz CT molecular complexity index is 807. The van der Waals surface area contributed by atoms with E-state index in [-0.39, 0.29) is 5.91 Å². The van der Waals surface area contributed by atoms with Gasteiger partial charge in [0.2, 0.25) is 0 Å². The van der Waals surface area contributed by atoms with Gasteiger partial charge in [-0.3, -0.25) is 10.1 Å². The van der Waals surface area contributed by atoms with Crippen molar-refractivity contribution >= 4 is 22.4 Å². The second kappa shape index (κ2) is 6.03. The highest BCUT2D eigenvalue weighted by molar-refractivity contribution is 7.14. The first-order chi connectivity index (χ1) is 10.7. The number of furan rings is 1. The molecular formula is C16H14N2O3S. The smallest absolute Gasteiger partial charge is 0.257 e. The number of nitrogens with zero attached hydrogens (tertiary/aromatic N) is 1. The summed E-state index contributed by atoms with van der Waals surface area (Å²) < 4.78 is 10.6. The molecule has 0 aliphatic heterocycles. The van der Waals surface area contributed by atoms with Crippen LogP contribution < -0.4 is 10.1 Å². The van der Waals surface area contributed by atoms with Crippen molar-refractivity contribution < 1.29 is 13.9 Å². The summed E-state index contributed by atoms with van der Waals surface area (Å²) in [5, 5.41) is 5.15. The van der Waals surface area contributed by atoms with E-state index in [0.717, 1.165) is 5.76 Å². The lowest BCUT2D eigenvalue weighted by Gasteiger charge is -2.04. The van der Waals surface area contributed by atoms with Crippen LogP contribution >= 0.6 is 11.3 Å². The van der Waals surface area contributed by atoms with Gasteiger partial charge in [0.05, 0.1) is 7.11 Å². The van der Waals surface area contributed by atoms with Crippen molar-refractivity contribution in [2.45, 2.75) is 6.92 Å². The molecule has 0 aliphatic rings. The average molecular weight is 314 g/mol. The van der Waals surface area contributed by atoms with Crippen molar-refractivity contribution in [3.8, 4) is 17.2 Å². The zero-order chi connectivity index (χ0) is 15.5. The number of ether oxygens (including phenoxy) is 1. The second-order valence-electron chi connectivity index (χ2n) is 4.63. The quantitative estimate of drug-likeness (QED) is 0.791. The van der Waals surface area contributed by atoms with Crippen LogP contribution in [0.15, 0.2) is 46.2 Å². The number of aryl methyl sites for hydroxylation is 1. The molecule has 0 atom stereocenters. The molecule has 3 rings (SSSR count). The zero-order valence-corrected chi connectivity index (χ0v) is 12.9. The van der Waals surface area contributed by atoms with Crippen molar-refractivity contribution in [1.29, 1.82) is 0 Å². The number of thiazole rings is 1. The van der Waals surface area contributed by atoms with E-state index in [1.165, 1.54) is 11.3 Å². The molecule has 0 radical (unpaired) electrons. The van der Waals surface area contributed by atoms with Gasteiger partial charge in [0.25, 0.3) is 5.91 Å². The van der Waals surface area contributed by atoms with Crippen LogP contribution in [-0.2, 0) is 0 Å². The number of amides is 1. The number of benzene rings is 1. The van der Waals surface area contributed by atoms with Gasteiger partial charge in [0, 0.05) is 10.9 Å². The van der Waals surface area contributed by atoms with Crippen LogP contribution in [0.5, 0.6) is 5.75 Å². The topological polar surface area (TPSA) is 64.4 Å². The van der Waals surface area contributed by atoms with Crippen LogP contribution in [-0.4, -0.2) is 18.0 Å². The lowest BCUT2D eigenvalue weighted by Crippen LogP contribution is -2.11. The third-order valence-electron chi connectivity index (χ3n) is 3.05. The zero-order valence-electron chi connectivity index (χ0n) is 12.1. The van der Waals surface area contributed by atoms with Crippen LogP contribution in [0.2, 0.25) is 0 Å². The molecule has 22 heavy (non-hydrogen) atoms. The fourth-order valence-corrected chi connectivity index (χ4v) is 2.64. The van der Waals surface area contributed by atoms with Crippen LogP contribution in [0.3, 0.4) is 0 Å². The van der Waals surface area contributed by atoms with Gasteiger partial charge in [0.15, 0.2) is 10.9 Å². The first-order valence-corrected chi connectivity index (χ1v) is 7.51. The van der Waals surface area contributed by atoms with Gasteiger partial charge in [-0.1, -0.05) is 6.07 Å². The molecule has 112 valence electrons. The molecule has 2 aromatic heterocycles. The molecule has 1 aromatic carbocycles. The van der Waals surface area contributed by atoms with Gasteiger partial charge in [-0.15, -0.1) is 11.3 Å². The Hall–Kier alpha value is -2.60. The molecule has 0 saturated carbocycles. The van der Waals surface area contributed by atoms with E-state index in [0.29, 0.717) is 27.9 Å². The summed E-state index contributed by atoms with van der Waals surface area (Å²) in [4.78, 5) is 16.6. The summed E-state index contributed by atoms with van der Waals surface area (Å²) in [6, 6.07) is 10.7. The van der Waals surface area contributed by atoms with Gasteiger partial charge < -0.3 is 9.15 Å². The molecule has 0 bridgehead atoms. The van der Waals surface area contributed by atoms with Crippen LogP contribution in [0.4, 0.5) is 5.13 Å². The number of carbonyl (C=O) groups excluding carboxylic acids is 1. The first kappa shape index (κ1) is 14.3. The Kier molecular flexibility index (Phi) is 3.93. The standard InChI is InChI=1S/C16H14N2O3S/c1-10-6-7-14(21-10)13-9-22-16(17-13)18-15(19)11-4-3-5-12(8-11)20-2/h3-9H,1-2H3,(H,17,18,19). The highest BCUT2D eigenvalue weighted by Gasteiger charge is 2.12. The summed E-state index contributed by atoms with van der Waals surface area (Å²) in [6.45, 7) is 1.88. The maximum absolute atomic E-state index is 12.2. The third kappa shape index (κ3) is 3.01. The van der Waals surface area contributed by atoms with Gasteiger partial charge in [0.1, 0.15) is 17.2 Å². The summed E-state index contributed by atoms with van der Waals surface area (Å²) in [7, 11) is 1.56. The molecule has 0 saturated heterocycles. The highest BCUT2D eigenvalue weighted by atomic mass is 32.1. The number of anilines is 1. The molecule has 6 heteroatoms. The van der Waals surface area contributed by atoms with E-state index in [2.05, 4.69) is 10.3 Å². The largest absolute Gasteiger partial charge is 0.497 e. The van der Waals surface area contributed by atoms with Gasteiger partial charge in [-0.2, -0.15) is 0 Å². The molecule has 0 unspecified atom stereocenters. The molecule has 0 spiro atoms. The number of methoxy groups -OCH3 is 1. The van der Waals surface area contributed by atoms with Crippen LogP contribution in [0.25, 0.3) is 11.5 Å². The predicted molar refractivity (Wildman–Crippen MR) is 85.5 cm³/mol. The normalized spacial score (nSPS) is 10.5. The molecular weight excluding hydrogens is 300 g/mol. The first-order valence-electron chi connectivity index (χ1n) is 6.63. The van der Waals surface area contributed by atoms with Gasteiger partial charge in [-0.25, -0.2) is 4.98 Å². The van der Waals surface area contributed by atoms with E-state index in [1.807, 2.05) is 24.4 Å². The van der Waals surface area contributed by atoms with Gasteiger partial charge >= 0.3 is 0 Å². The van der Waals surface area contributed by atoms with E-state index in [4.69, 9.17) is 9.15 Å². The Labute approximate surface area is 131 Å². The minimum atomic E-state index is -0.226. The van der Waals surface area contributed by atoms with Crippen LogP contribution in [0.1, 0.15) is 16.1 Å². The van der Waals surface area contributed by atoms with E-state index in [9.17, 15) is 4.79 Å². The second-order valence-corrected chi connectivity index (χ2v) is 5.49. The number of carbonyl (C=O) groups is 1. The molecule has 1 amide bonds. The fourth-order valence-electron chi connectivity index (χ4n) is 1.95. The Morgan fingerprint density at radius 3 is 2.91 bits per heavy atom. The Morgan fingerprint density at radius 1 is 1.32 bits per heavy atom. The average Bonchev–Trinajstić information content (AvgIpc) is 3.16. The maximum Gasteiger partial charge on any atom is 0.257 e. The van der Waals surface area contributed by atoms with E-state index < -0.39 is 0 Å². The SMILES string of the molecule is COc1cccc(C(=O)Nc2nc(-c3ccc(C)o3)cs2)c1. The van der Waals surface area contributed by atoms with Crippen molar-refractivity contribution in [1.82, 2.24) is 4.98 Å². The van der Waals surface area contributed by atoms with Crippen molar-refractivity contribution in [3.05, 3.63) is 53.1 Å². The van der Waals surface area contributed by atoms with E-state index in [1.54, 1.807) is 31.4 Å². The number of nitrogens with one attached hydrogen (secondary N) is 1. The summed E-state index contributed by atoms with van der Waals surface area (Å²) in [5.41, 5.74) is 1.23. The monoisotopic (exact) mass is 314 g/mol.